The molecular formula is C62H108O6. The van der Waals surface area contributed by atoms with Crippen LogP contribution in [0.4, 0.5) is 0 Å². The zero-order chi connectivity index (χ0) is 49.3. The van der Waals surface area contributed by atoms with Gasteiger partial charge in [0.25, 0.3) is 0 Å². The maximum atomic E-state index is 12.8. The van der Waals surface area contributed by atoms with Crippen molar-refractivity contribution in [2.24, 2.45) is 0 Å². The molecule has 0 aliphatic heterocycles. The Kier molecular flexibility index (Phi) is 53.8. The van der Waals surface area contributed by atoms with Gasteiger partial charge in [0.2, 0.25) is 0 Å². The zero-order valence-electron chi connectivity index (χ0n) is 44.9. The van der Waals surface area contributed by atoms with Gasteiger partial charge in [-0.2, -0.15) is 0 Å². The van der Waals surface area contributed by atoms with E-state index in [-0.39, 0.29) is 31.1 Å². The molecule has 392 valence electrons. The number of hydrogen-bond acceptors (Lipinski definition) is 6. The van der Waals surface area contributed by atoms with Gasteiger partial charge in [-0.05, 0) is 89.9 Å². The van der Waals surface area contributed by atoms with Crippen LogP contribution in [0.5, 0.6) is 0 Å². The van der Waals surface area contributed by atoms with Crippen molar-refractivity contribution in [1.82, 2.24) is 0 Å². The molecule has 0 N–H and O–H groups in total. The summed E-state index contributed by atoms with van der Waals surface area (Å²) < 4.78 is 16.8. The van der Waals surface area contributed by atoms with Crippen LogP contribution >= 0.6 is 0 Å². The molecule has 0 aliphatic rings. The normalized spacial score (nSPS) is 12.6. The molecule has 0 bridgehead atoms. The van der Waals surface area contributed by atoms with E-state index >= 15 is 0 Å². The zero-order valence-corrected chi connectivity index (χ0v) is 44.9. The number of carbonyl (C=O) groups excluding carboxylic acids is 3. The Bertz CT molecular complexity index is 1270. The molecule has 0 saturated carbocycles. The molecule has 0 spiro atoms. The monoisotopic (exact) mass is 949 g/mol. The van der Waals surface area contributed by atoms with E-state index in [0.717, 1.165) is 109 Å². The molecule has 0 saturated heterocycles. The van der Waals surface area contributed by atoms with E-state index in [4.69, 9.17) is 14.2 Å². The van der Waals surface area contributed by atoms with Gasteiger partial charge in [0.1, 0.15) is 13.2 Å². The van der Waals surface area contributed by atoms with Crippen LogP contribution in [0, 0.1) is 0 Å². The van der Waals surface area contributed by atoms with Crippen LogP contribution < -0.4 is 0 Å². The molecule has 0 rings (SSSR count). The van der Waals surface area contributed by atoms with Gasteiger partial charge >= 0.3 is 17.9 Å². The van der Waals surface area contributed by atoms with Crippen molar-refractivity contribution in [3.8, 4) is 0 Å². The standard InChI is InChI=1S/C62H108O6/c1-4-7-10-13-16-19-21-23-25-27-29-31-33-35-37-39-41-43-46-49-52-55-61(64)67-58-59(57-66-60(63)54-51-48-45-18-15-12-9-6-3)68-62(65)56-53-50-47-44-42-40-38-36-34-32-30-28-26-24-22-20-17-14-11-8-5-2/h7,10,16,19,23,25,28-31,35,37,59H,4-6,8-9,11-15,17-18,20-22,24,26-27,32-34,36,38-58H2,1-3H3/b10-7-,19-16-,25-23-,30-28-,31-29-,37-35-. The van der Waals surface area contributed by atoms with Gasteiger partial charge in [0, 0.05) is 19.3 Å². The number of ether oxygens (including phenoxy) is 3. The third-order valence-electron chi connectivity index (χ3n) is 12.4. The molecule has 1 atom stereocenters. The molecule has 1 unspecified atom stereocenters. The molecule has 6 heteroatoms. The second-order valence-electron chi connectivity index (χ2n) is 19.2. The lowest BCUT2D eigenvalue weighted by Gasteiger charge is -2.18. The van der Waals surface area contributed by atoms with E-state index in [9.17, 15) is 14.4 Å². The molecule has 0 heterocycles. The fourth-order valence-corrected chi connectivity index (χ4v) is 8.11. The average Bonchev–Trinajstić information content (AvgIpc) is 3.34. The van der Waals surface area contributed by atoms with Gasteiger partial charge in [-0.3, -0.25) is 14.4 Å². The number of carbonyl (C=O) groups is 3. The van der Waals surface area contributed by atoms with E-state index < -0.39 is 6.10 Å². The summed E-state index contributed by atoms with van der Waals surface area (Å²) in [6.45, 7) is 6.50. The summed E-state index contributed by atoms with van der Waals surface area (Å²) in [5.41, 5.74) is 0. The van der Waals surface area contributed by atoms with Gasteiger partial charge in [0.05, 0.1) is 0 Å². The maximum Gasteiger partial charge on any atom is 0.306 e. The third-order valence-corrected chi connectivity index (χ3v) is 12.4. The minimum absolute atomic E-state index is 0.0810. The topological polar surface area (TPSA) is 78.9 Å². The Hall–Kier alpha value is -3.15. The Morgan fingerprint density at radius 1 is 0.309 bits per heavy atom. The largest absolute Gasteiger partial charge is 0.462 e. The quantitative estimate of drug-likeness (QED) is 0.0262. The SMILES string of the molecule is CC/C=C\C/C=C\C/C=C\C/C=C\C/C=C\CCCCCCCC(=O)OCC(COC(=O)CCCCCCCCCC)OC(=O)CCCCCCCCCCC/C=C\CCCCCCCCCC. The Morgan fingerprint density at radius 3 is 0.912 bits per heavy atom. The van der Waals surface area contributed by atoms with Crippen LogP contribution in [0.1, 0.15) is 284 Å². The smallest absolute Gasteiger partial charge is 0.306 e. The molecule has 6 nitrogen and oxygen atoms in total. The minimum Gasteiger partial charge on any atom is -0.462 e. The Morgan fingerprint density at radius 2 is 0.574 bits per heavy atom. The van der Waals surface area contributed by atoms with Crippen molar-refractivity contribution >= 4 is 17.9 Å². The van der Waals surface area contributed by atoms with Crippen molar-refractivity contribution < 1.29 is 28.6 Å². The van der Waals surface area contributed by atoms with Crippen LogP contribution in [0.3, 0.4) is 0 Å². The van der Waals surface area contributed by atoms with Gasteiger partial charge in [0.15, 0.2) is 6.10 Å². The molecule has 0 amide bonds. The van der Waals surface area contributed by atoms with Gasteiger partial charge in [-0.1, -0.05) is 248 Å². The minimum atomic E-state index is -0.782. The number of allylic oxidation sites excluding steroid dienone is 12. The highest BCUT2D eigenvalue weighted by molar-refractivity contribution is 5.71. The van der Waals surface area contributed by atoms with Crippen LogP contribution in [0.2, 0.25) is 0 Å². The van der Waals surface area contributed by atoms with Crippen LogP contribution in [0.25, 0.3) is 0 Å². The van der Waals surface area contributed by atoms with E-state index in [1.165, 1.54) is 135 Å². The number of hydrogen-bond donors (Lipinski definition) is 0. The van der Waals surface area contributed by atoms with E-state index in [0.29, 0.717) is 19.3 Å². The van der Waals surface area contributed by atoms with Gasteiger partial charge in [-0.25, -0.2) is 0 Å². The predicted octanol–water partition coefficient (Wildman–Crippen LogP) is 19.4. The summed E-state index contributed by atoms with van der Waals surface area (Å²) in [6, 6.07) is 0. The summed E-state index contributed by atoms with van der Waals surface area (Å²) >= 11 is 0. The van der Waals surface area contributed by atoms with Crippen molar-refractivity contribution in [3.63, 3.8) is 0 Å². The second-order valence-corrected chi connectivity index (χ2v) is 19.2. The molecule has 0 aliphatic carbocycles. The van der Waals surface area contributed by atoms with Crippen molar-refractivity contribution in [1.29, 1.82) is 0 Å². The second kappa shape index (κ2) is 56.4. The predicted molar refractivity (Wildman–Crippen MR) is 293 cm³/mol. The van der Waals surface area contributed by atoms with E-state index in [1.807, 2.05) is 0 Å². The van der Waals surface area contributed by atoms with E-state index in [2.05, 4.69) is 93.7 Å². The third kappa shape index (κ3) is 53.8. The number of esters is 3. The Labute approximate surface area is 421 Å². The van der Waals surface area contributed by atoms with Crippen LogP contribution in [0.15, 0.2) is 72.9 Å². The fourth-order valence-electron chi connectivity index (χ4n) is 8.11. The molecule has 68 heavy (non-hydrogen) atoms. The van der Waals surface area contributed by atoms with Crippen molar-refractivity contribution in [2.45, 2.75) is 290 Å². The summed E-state index contributed by atoms with van der Waals surface area (Å²) in [7, 11) is 0. The highest BCUT2D eigenvalue weighted by Gasteiger charge is 2.19. The van der Waals surface area contributed by atoms with Crippen LogP contribution in [-0.4, -0.2) is 37.2 Å². The Balaban J connectivity index is 4.27. The summed E-state index contributed by atoms with van der Waals surface area (Å²) in [5, 5.41) is 0. The lowest BCUT2D eigenvalue weighted by Crippen LogP contribution is -2.30. The molecule has 0 aromatic heterocycles. The molecule has 0 fully saturated rings. The van der Waals surface area contributed by atoms with Gasteiger partial charge < -0.3 is 14.2 Å². The lowest BCUT2D eigenvalue weighted by atomic mass is 10.1. The average molecular weight is 950 g/mol. The first kappa shape index (κ1) is 64.8. The molecule has 0 aromatic carbocycles. The number of unbranched alkanes of at least 4 members (excludes halogenated alkanes) is 29. The van der Waals surface area contributed by atoms with Crippen LogP contribution in [-0.2, 0) is 28.6 Å². The lowest BCUT2D eigenvalue weighted by molar-refractivity contribution is -0.167. The summed E-state index contributed by atoms with van der Waals surface area (Å²) in [4.78, 5) is 38.0. The first-order valence-corrected chi connectivity index (χ1v) is 28.9. The van der Waals surface area contributed by atoms with Crippen molar-refractivity contribution in [3.05, 3.63) is 72.9 Å². The van der Waals surface area contributed by atoms with E-state index in [1.54, 1.807) is 0 Å². The highest BCUT2D eigenvalue weighted by Crippen LogP contribution is 2.15. The molecule has 0 aromatic rings. The molecule has 0 radical (unpaired) electrons. The first-order chi connectivity index (χ1) is 33.5. The van der Waals surface area contributed by atoms with Crippen molar-refractivity contribution in [2.75, 3.05) is 13.2 Å². The number of rotatable bonds is 52. The summed E-state index contributed by atoms with van der Waals surface area (Å²) in [5.74, 6) is -0.899. The fraction of sp³-hybridized carbons (Fsp3) is 0.758. The van der Waals surface area contributed by atoms with Gasteiger partial charge in [-0.15, -0.1) is 0 Å². The maximum absolute atomic E-state index is 12.8. The first-order valence-electron chi connectivity index (χ1n) is 28.9. The highest BCUT2D eigenvalue weighted by atomic mass is 16.6. The molecular weight excluding hydrogens is 841 g/mol. The summed E-state index contributed by atoms with van der Waals surface area (Å²) in [6.07, 6.45) is 71.9.